The van der Waals surface area contributed by atoms with E-state index >= 15 is 0 Å². The lowest BCUT2D eigenvalue weighted by molar-refractivity contribution is -0.116. The van der Waals surface area contributed by atoms with Crippen molar-refractivity contribution in [3.05, 3.63) is 65.5 Å². The number of fused-ring (bicyclic) bond motifs is 2. The van der Waals surface area contributed by atoms with Gasteiger partial charge in [-0.05, 0) is 56.4 Å². The van der Waals surface area contributed by atoms with E-state index in [0.29, 0.717) is 23.8 Å². The zero-order valence-electron chi connectivity index (χ0n) is 18.5. The van der Waals surface area contributed by atoms with Crippen molar-refractivity contribution >= 4 is 50.7 Å². The number of carbonyl (C=O) groups excluding carboxylic acids is 1. The van der Waals surface area contributed by atoms with Crippen molar-refractivity contribution in [3.8, 4) is 10.6 Å². The number of aryl methyl sites for hydroxylation is 2. The molecule has 0 aliphatic heterocycles. The molecule has 9 heteroatoms. The molecule has 33 heavy (non-hydrogen) atoms. The Morgan fingerprint density at radius 2 is 1.85 bits per heavy atom. The van der Waals surface area contributed by atoms with Crippen molar-refractivity contribution in [2.24, 2.45) is 0 Å². The van der Waals surface area contributed by atoms with Crippen LogP contribution in [0.3, 0.4) is 0 Å². The SMILES string of the molecule is CSc1nc2nc(C)c(CCC(=O)Nc3ccccc3-c3nc4ccccc4s3)c(C)n2n1. The van der Waals surface area contributed by atoms with Crippen molar-refractivity contribution < 1.29 is 4.79 Å². The fraction of sp³-hybridized carbons (Fsp3) is 0.208. The Morgan fingerprint density at radius 1 is 1.06 bits per heavy atom. The van der Waals surface area contributed by atoms with E-state index in [0.717, 1.165) is 43.4 Å². The van der Waals surface area contributed by atoms with E-state index in [9.17, 15) is 4.79 Å². The smallest absolute Gasteiger partial charge is 0.253 e. The van der Waals surface area contributed by atoms with E-state index in [1.807, 2.05) is 62.6 Å². The van der Waals surface area contributed by atoms with Gasteiger partial charge in [0.05, 0.1) is 15.9 Å². The Bertz CT molecular complexity index is 1460. The summed E-state index contributed by atoms with van der Waals surface area (Å²) in [5.74, 6) is 0.540. The molecule has 3 aromatic heterocycles. The minimum absolute atomic E-state index is 0.0501. The Balaban J connectivity index is 1.35. The first kappa shape index (κ1) is 21.5. The number of thiazole rings is 1. The van der Waals surface area contributed by atoms with Gasteiger partial charge in [-0.25, -0.2) is 14.5 Å². The molecular weight excluding hydrogens is 452 g/mol. The third kappa shape index (κ3) is 4.21. The summed E-state index contributed by atoms with van der Waals surface area (Å²) < 4.78 is 2.88. The predicted octanol–water partition coefficient (Wildman–Crippen LogP) is 5.31. The molecule has 0 unspecified atom stereocenters. The molecule has 166 valence electrons. The second-order valence-corrected chi connectivity index (χ2v) is 9.46. The molecule has 1 N–H and O–H groups in total. The number of nitrogens with one attached hydrogen (secondary N) is 1. The fourth-order valence-electron chi connectivity index (χ4n) is 3.86. The quantitative estimate of drug-likeness (QED) is 0.336. The molecule has 0 fully saturated rings. The minimum atomic E-state index is -0.0501. The van der Waals surface area contributed by atoms with Crippen molar-refractivity contribution in [1.82, 2.24) is 24.6 Å². The summed E-state index contributed by atoms with van der Waals surface area (Å²) in [6, 6.07) is 15.9. The number of hydrogen-bond donors (Lipinski definition) is 1. The monoisotopic (exact) mass is 474 g/mol. The zero-order valence-corrected chi connectivity index (χ0v) is 20.1. The van der Waals surface area contributed by atoms with Crippen molar-refractivity contribution in [2.45, 2.75) is 31.8 Å². The Morgan fingerprint density at radius 3 is 2.67 bits per heavy atom. The molecule has 0 saturated heterocycles. The highest BCUT2D eigenvalue weighted by molar-refractivity contribution is 7.98. The van der Waals surface area contributed by atoms with E-state index in [4.69, 9.17) is 4.98 Å². The average Bonchev–Trinajstić information content (AvgIpc) is 3.43. The second kappa shape index (κ2) is 8.92. The zero-order chi connectivity index (χ0) is 22.9. The molecule has 0 aliphatic carbocycles. The van der Waals surface area contributed by atoms with Crippen LogP contribution in [0.25, 0.3) is 26.6 Å². The van der Waals surface area contributed by atoms with Gasteiger partial charge in [0, 0.05) is 23.4 Å². The molecule has 0 aliphatic rings. The van der Waals surface area contributed by atoms with Crippen molar-refractivity contribution in [1.29, 1.82) is 0 Å². The molecule has 7 nitrogen and oxygen atoms in total. The number of para-hydroxylation sites is 2. The Labute approximate surface area is 199 Å². The lowest BCUT2D eigenvalue weighted by atomic mass is 10.1. The standard InChI is InChI=1S/C24H22N6OS2/c1-14-16(15(2)30-23(25-14)28-24(29-30)32-3)12-13-21(31)26-18-9-5-4-8-17(18)22-27-19-10-6-7-11-20(19)33-22/h4-11H,12-13H2,1-3H3,(H,26,31). The third-order valence-corrected chi connectivity index (χ3v) is 7.15. The van der Waals surface area contributed by atoms with Crippen LogP contribution in [0.4, 0.5) is 5.69 Å². The topological polar surface area (TPSA) is 85.1 Å². The molecule has 0 atom stereocenters. The van der Waals surface area contributed by atoms with Crippen LogP contribution in [-0.4, -0.2) is 36.7 Å². The summed E-state index contributed by atoms with van der Waals surface area (Å²) >= 11 is 3.11. The van der Waals surface area contributed by atoms with Crippen LogP contribution in [0.15, 0.2) is 53.7 Å². The van der Waals surface area contributed by atoms with Gasteiger partial charge in [-0.15, -0.1) is 16.4 Å². The molecule has 1 amide bonds. The normalized spacial score (nSPS) is 11.4. The van der Waals surface area contributed by atoms with Crippen LogP contribution < -0.4 is 5.32 Å². The van der Waals surface area contributed by atoms with E-state index < -0.39 is 0 Å². The maximum absolute atomic E-state index is 12.9. The molecule has 5 rings (SSSR count). The fourth-order valence-corrected chi connectivity index (χ4v) is 5.20. The highest BCUT2D eigenvalue weighted by atomic mass is 32.2. The van der Waals surface area contributed by atoms with Gasteiger partial charge >= 0.3 is 0 Å². The molecule has 0 radical (unpaired) electrons. The number of hydrogen-bond acceptors (Lipinski definition) is 7. The molecule has 2 aromatic carbocycles. The molecule has 0 spiro atoms. The molecular formula is C24H22N6OS2. The van der Waals surface area contributed by atoms with Gasteiger partial charge in [-0.3, -0.25) is 4.79 Å². The van der Waals surface area contributed by atoms with E-state index in [-0.39, 0.29) is 5.91 Å². The molecule has 0 saturated carbocycles. The number of thioether (sulfide) groups is 1. The van der Waals surface area contributed by atoms with Gasteiger partial charge in [0.15, 0.2) is 0 Å². The van der Waals surface area contributed by atoms with Crippen molar-refractivity contribution in [2.75, 3.05) is 11.6 Å². The summed E-state index contributed by atoms with van der Waals surface area (Å²) in [5, 5.41) is 9.15. The average molecular weight is 475 g/mol. The highest BCUT2D eigenvalue weighted by Crippen LogP contribution is 2.34. The number of rotatable bonds is 6. The summed E-state index contributed by atoms with van der Waals surface area (Å²) in [7, 11) is 0. The van der Waals surface area contributed by atoms with Gasteiger partial charge < -0.3 is 5.32 Å². The number of aromatic nitrogens is 5. The lowest BCUT2D eigenvalue weighted by Crippen LogP contribution is -2.15. The maximum Gasteiger partial charge on any atom is 0.253 e. The van der Waals surface area contributed by atoms with Crippen LogP contribution in [0, 0.1) is 13.8 Å². The predicted molar refractivity (Wildman–Crippen MR) is 134 cm³/mol. The van der Waals surface area contributed by atoms with E-state index in [1.165, 1.54) is 11.8 Å². The molecule has 0 bridgehead atoms. The van der Waals surface area contributed by atoms with Gasteiger partial charge in [0.25, 0.3) is 5.78 Å². The number of anilines is 1. The number of nitrogens with zero attached hydrogens (tertiary/aromatic N) is 5. The minimum Gasteiger partial charge on any atom is -0.325 e. The van der Waals surface area contributed by atoms with Gasteiger partial charge in [-0.2, -0.15) is 4.98 Å². The van der Waals surface area contributed by atoms with Gasteiger partial charge in [-0.1, -0.05) is 36.0 Å². The summed E-state index contributed by atoms with van der Waals surface area (Å²) in [6.45, 7) is 3.95. The third-order valence-electron chi connectivity index (χ3n) is 5.54. The number of carbonyl (C=O) groups is 1. The first-order valence-corrected chi connectivity index (χ1v) is 12.6. The van der Waals surface area contributed by atoms with Crippen LogP contribution in [-0.2, 0) is 11.2 Å². The molecule has 3 heterocycles. The Hall–Kier alpha value is -3.30. The van der Waals surface area contributed by atoms with Crippen LogP contribution in [0.1, 0.15) is 23.4 Å². The van der Waals surface area contributed by atoms with Crippen LogP contribution in [0.5, 0.6) is 0 Å². The first-order valence-electron chi connectivity index (χ1n) is 10.5. The number of amides is 1. The van der Waals surface area contributed by atoms with Crippen molar-refractivity contribution in [3.63, 3.8) is 0 Å². The van der Waals surface area contributed by atoms with Crippen LogP contribution >= 0.6 is 23.1 Å². The van der Waals surface area contributed by atoms with Gasteiger partial charge in [0.1, 0.15) is 5.01 Å². The maximum atomic E-state index is 12.9. The molecule has 5 aromatic rings. The van der Waals surface area contributed by atoms with E-state index in [2.05, 4.69) is 26.4 Å². The van der Waals surface area contributed by atoms with Gasteiger partial charge in [0.2, 0.25) is 11.1 Å². The lowest BCUT2D eigenvalue weighted by Gasteiger charge is -2.12. The first-order chi connectivity index (χ1) is 16.0. The van der Waals surface area contributed by atoms with Crippen LogP contribution in [0.2, 0.25) is 0 Å². The number of benzene rings is 2. The summed E-state index contributed by atoms with van der Waals surface area (Å²) in [4.78, 5) is 26.6. The Kier molecular flexibility index (Phi) is 5.82. The second-order valence-electron chi connectivity index (χ2n) is 7.65. The van der Waals surface area contributed by atoms with E-state index in [1.54, 1.807) is 15.9 Å². The summed E-state index contributed by atoms with van der Waals surface area (Å²) in [5.41, 5.74) is 5.52. The summed E-state index contributed by atoms with van der Waals surface area (Å²) in [6.07, 6.45) is 2.85. The largest absolute Gasteiger partial charge is 0.325 e. The highest BCUT2D eigenvalue weighted by Gasteiger charge is 2.16.